The molecule has 0 aromatic carbocycles. The van der Waals surface area contributed by atoms with Gasteiger partial charge < -0.3 is 44.1 Å². The van der Waals surface area contributed by atoms with Gasteiger partial charge in [0.25, 0.3) is 0 Å². The van der Waals surface area contributed by atoms with Gasteiger partial charge in [0.2, 0.25) is 0 Å². The number of rotatable bonds is 12. The predicted octanol–water partition coefficient (Wildman–Crippen LogP) is 4.94. The molecule has 3 rings (SSSR count). The number of epoxide rings is 1. The van der Waals surface area contributed by atoms with Crippen molar-refractivity contribution in [3.05, 3.63) is 41.2 Å². The van der Waals surface area contributed by atoms with Crippen LogP contribution in [-0.4, -0.2) is 125 Å². The van der Waals surface area contributed by atoms with Crippen LogP contribution in [0.5, 0.6) is 0 Å². The topological polar surface area (TPSA) is 142 Å². The van der Waals surface area contributed by atoms with Gasteiger partial charge in [0, 0.05) is 57.3 Å². The number of esters is 1. The maximum atomic E-state index is 13.6. The Hall–Kier alpha value is -2.50. The molecule has 0 spiro atoms. The molecule has 3 N–H and O–H groups in total. The highest BCUT2D eigenvalue weighted by Crippen LogP contribution is 2.37. The van der Waals surface area contributed by atoms with E-state index < -0.39 is 47.7 Å². The van der Waals surface area contributed by atoms with Crippen molar-refractivity contribution >= 4 is 12.1 Å². The van der Waals surface area contributed by atoms with Gasteiger partial charge >= 0.3 is 12.1 Å². The summed E-state index contributed by atoms with van der Waals surface area (Å²) in [6, 6.07) is 0. The van der Waals surface area contributed by atoms with Gasteiger partial charge in [-0.25, -0.2) is 4.79 Å². The smallest absolute Gasteiger partial charge is 0.410 e. The van der Waals surface area contributed by atoms with Crippen molar-refractivity contribution in [1.29, 1.82) is 0 Å². The lowest BCUT2D eigenvalue weighted by molar-refractivity contribution is -0.148. The second-order valence-corrected chi connectivity index (χ2v) is 15.4. The average Bonchev–Trinajstić information content (AvgIpc) is 3.85. The zero-order valence-corrected chi connectivity index (χ0v) is 31.9. The van der Waals surface area contributed by atoms with Gasteiger partial charge in [-0.3, -0.25) is 4.79 Å². The Labute approximate surface area is 300 Å². The van der Waals surface area contributed by atoms with Gasteiger partial charge in [-0.05, 0) is 71.4 Å². The first-order chi connectivity index (χ1) is 23.5. The van der Waals surface area contributed by atoms with E-state index in [9.17, 15) is 24.9 Å². The van der Waals surface area contributed by atoms with Crippen molar-refractivity contribution < 1.29 is 43.9 Å². The number of carbonyl (C=O) groups is 2. The molecule has 9 unspecified atom stereocenters. The van der Waals surface area contributed by atoms with Crippen LogP contribution in [-0.2, 0) is 23.7 Å². The van der Waals surface area contributed by atoms with E-state index >= 15 is 0 Å². The van der Waals surface area contributed by atoms with E-state index in [2.05, 4.69) is 24.5 Å². The Kier molecular flexibility index (Phi) is 15.8. The lowest BCUT2D eigenvalue weighted by atomic mass is 9.90. The predicted molar refractivity (Wildman–Crippen MR) is 192 cm³/mol. The fourth-order valence-electron chi connectivity index (χ4n) is 6.81. The number of cyclic esters (lactones) is 1. The first kappa shape index (κ1) is 41.9. The highest BCUT2D eigenvalue weighted by molar-refractivity contribution is 5.71. The number of aliphatic hydroxyl groups is 3. The fraction of sp³-hybridized carbons (Fsp3) is 0.769. The Balaban J connectivity index is 1.82. The maximum absolute atomic E-state index is 13.6. The van der Waals surface area contributed by atoms with Crippen LogP contribution in [0.4, 0.5) is 4.79 Å². The van der Waals surface area contributed by atoms with E-state index in [-0.39, 0.29) is 31.0 Å². The Bertz CT molecular complexity index is 1260. The first-order valence-electron chi connectivity index (χ1n) is 18.4. The summed E-state index contributed by atoms with van der Waals surface area (Å²) in [6.07, 6.45) is 5.36. The zero-order chi connectivity index (χ0) is 37.2. The van der Waals surface area contributed by atoms with Crippen molar-refractivity contribution in [2.75, 3.05) is 39.8 Å². The maximum Gasteiger partial charge on any atom is 0.410 e. The van der Waals surface area contributed by atoms with Crippen LogP contribution in [0.25, 0.3) is 0 Å². The minimum atomic E-state index is -1.16. The number of amides is 1. The Morgan fingerprint density at radius 3 is 2.62 bits per heavy atom. The van der Waals surface area contributed by atoms with Crippen LogP contribution < -0.4 is 0 Å². The van der Waals surface area contributed by atoms with E-state index in [0.29, 0.717) is 49.4 Å². The zero-order valence-electron chi connectivity index (χ0n) is 31.9. The van der Waals surface area contributed by atoms with Crippen LogP contribution in [0.15, 0.2) is 41.2 Å². The number of nitrogens with zero attached hydrogens (tertiary/aromatic N) is 2. The molecule has 0 bridgehead atoms. The van der Waals surface area contributed by atoms with Crippen LogP contribution in [0.1, 0.15) is 93.9 Å². The largest absolute Gasteiger partial charge is 0.453 e. The van der Waals surface area contributed by atoms with Crippen LogP contribution in [0.3, 0.4) is 0 Å². The van der Waals surface area contributed by atoms with Crippen LogP contribution in [0, 0.1) is 11.8 Å². The molecular formula is C39H64N2O9. The average molecular weight is 705 g/mol. The van der Waals surface area contributed by atoms with E-state index in [1.54, 1.807) is 50.2 Å². The normalized spacial score (nSPS) is 31.6. The van der Waals surface area contributed by atoms with E-state index in [4.69, 9.17) is 18.9 Å². The molecule has 3 heterocycles. The summed E-state index contributed by atoms with van der Waals surface area (Å²) in [7, 11) is 1.55. The van der Waals surface area contributed by atoms with Crippen LogP contribution >= 0.6 is 0 Å². The molecule has 0 radical (unpaired) electrons. The van der Waals surface area contributed by atoms with Gasteiger partial charge in [0.05, 0.1) is 36.4 Å². The number of methoxy groups -OCH3 is 1. The summed E-state index contributed by atoms with van der Waals surface area (Å²) in [4.78, 5) is 30.6. The summed E-state index contributed by atoms with van der Waals surface area (Å²) in [6.45, 7) is 19.3. The molecule has 2 fully saturated rings. The highest BCUT2D eigenvalue weighted by Gasteiger charge is 2.47. The monoisotopic (exact) mass is 704 g/mol. The fourth-order valence-corrected chi connectivity index (χ4v) is 6.81. The standard InChI is InChI=1S/C39H64N2O9/c1-10-31(43)29(6)36-32(48-36)24-38(7,46)17-11-13-27(4)35-28(5)14-15-33(39(8,47-9)18-16-30(42)23-34(44)50-35)49-37(45)41-20-12-19-40(21-22-41)25-26(2)3/h11,13,15,17,26,29-33,35-36,42-43,46H,10,12,16,18-25H2,1-9H3/b17-11+,27-13+. The molecule has 3 aliphatic heterocycles. The second-order valence-electron chi connectivity index (χ2n) is 15.4. The summed E-state index contributed by atoms with van der Waals surface area (Å²) >= 11 is 0. The number of hydrogen-bond donors (Lipinski definition) is 3. The number of carbonyl (C=O) groups excluding carboxylic acids is 2. The van der Waals surface area contributed by atoms with Crippen molar-refractivity contribution in [1.82, 2.24) is 9.80 Å². The molecule has 0 saturated carbocycles. The molecule has 11 nitrogen and oxygen atoms in total. The molecule has 1 amide bonds. The lowest BCUT2D eigenvalue weighted by Crippen LogP contribution is -2.46. The molecule has 284 valence electrons. The van der Waals surface area contributed by atoms with E-state index in [0.717, 1.165) is 26.1 Å². The third-order valence-electron chi connectivity index (χ3n) is 10.3. The molecule has 9 atom stereocenters. The number of allylic oxidation sites excluding steroid dienone is 2. The van der Waals surface area contributed by atoms with Gasteiger partial charge in [0.1, 0.15) is 5.60 Å². The molecule has 0 aliphatic carbocycles. The molecule has 11 heteroatoms. The number of aliphatic hydroxyl groups excluding tert-OH is 2. The van der Waals surface area contributed by atoms with Crippen molar-refractivity contribution in [2.45, 2.75) is 142 Å². The third-order valence-corrected chi connectivity index (χ3v) is 10.3. The Morgan fingerprint density at radius 1 is 1.24 bits per heavy atom. The van der Waals surface area contributed by atoms with Gasteiger partial charge in [-0.2, -0.15) is 0 Å². The molecule has 3 aliphatic rings. The quantitative estimate of drug-likeness (QED) is 0.111. The summed E-state index contributed by atoms with van der Waals surface area (Å²) in [5.41, 5.74) is 2.33. The molecular weight excluding hydrogens is 640 g/mol. The minimum Gasteiger partial charge on any atom is -0.453 e. The number of hydrogen-bond acceptors (Lipinski definition) is 10. The second kappa shape index (κ2) is 18.8. The third kappa shape index (κ3) is 12.6. The van der Waals surface area contributed by atoms with Gasteiger partial charge in [-0.15, -0.1) is 5.73 Å². The summed E-state index contributed by atoms with van der Waals surface area (Å²) in [5, 5.41) is 32.0. The minimum absolute atomic E-state index is 0.0104. The van der Waals surface area contributed by atoms with Gasteiger partial charge in [-0.1, -0.05) is 45.9 Å². The summed E-state index contributed by atoms with van der Waals surface area (Å²) < 4.78 is 23.7. The summed E-state index contributed by atoms with van der Waals surface area (Å²) in [5.74, 6) is -0.0202. The molecule has 2 saturated heterocycles. The first-order valence-corrected chi connectivity index (χ1v) is 18.4. The highest BCUT2D eigenvalue weighted by atomic mass is 16.6. The van der Waals surface area contributed by atoms with Crippen molar-refractivity contribution in [3.63, 3.8) is 0 Å². The SMILES string of the molecule is CCC(O)C(C)C1OC1CC(C)(O)/C=C/C=C(\C)C1OC(=O)CC(O)CCC(C)(OC)C(OC(=O)N2CCCN(CC(C)C)CC2)C=C=C1C. The van der Waals surface area contributed by atoms with Crippen molar-refractivity contribution in [3.8, 4) is 0 Å². The lowest BCUT2D eigenvalue weighted by Gasteiger charge is -2.36. The van der Waals surface area contributed by atoms with Crippen molar-refractivity contribution in [2.24, 2.45) is 11.8 Å². The molecule has 0 aromatic rings. The Morgan fingerprint density at radius 2 is 1.96 bits per heavy atom. The van der Waals surface area contributed by atoms with E-state index in [1.807, 2.05) is 27.7 Å². The van der Waals surface area contributed by atoms with E-state index in [1.165, 1.54) is 0 Å². The van der Waals surface area contributed by atoms with Gasteiger partial charge in [0.15, 0.2) is 12.2 Å². The number of ether oxygens (including phenoxy) is 4. The van der Waals surface area contributed by atoms with Crippen LogP contribution in [0.2, 0.25) is 0 Å². The molecule has 0 aromatic heterocycles. The molecule has 50 heavy (non-hydrogen) atoms.